The van der Waals surface area contributed by atoms with Crippen molar-refractivity contribution in [1.29, 1.82) is 0 Å². The summed E-state index contributed by atoms with van der Waals surface area (Å²) in [5.74, 6) is 0.426. The Balaban J connectivity index is 2.35. The third-order valence-corrected chi connectivity index (χ3v) is 5.57. The summed E-state index contributed by atoms with van der Waals surface area (Å²) in [5.41, 5.74) is -0.702. The van der Waals surface area contributed by atoms with E-state index in [0.29, 0.717) is 5.75 Å². The van der Waals surface area contributed by atoms with Crippen LogP contribution in [0.2, 0.25) is 0 Å². The number of piperazine rings is 1. The van der Waals surface area contributed by atoms with E-state index in [4.69, 9.17) is 0 Å². The van der Waals surface area contributed by atoms with Gasteiger partial charge >= 0.3 is 0 Å². The van der Waals surface area contributed by atoms with Crippen molar-refractivity contribution in [3.8, 4) is 0 Å². The molecule has 1 aliphatic carbocycles. The minimum atomic E-state index is -0.990. The lowest BCUT2D eigenvalue weighted by Crippen LogP contribution is -2.72. The van der Waals surface area contributed by atoms with Gasteiger partial charge in [0.2, 0.25) is 11.8 Å². The molecule has 3 unspecified atom stereocenters. The van der Waals surface area contributed by atoms with Crippen molar-refractivity contribution in [2.75, 3.05) is 12.0 Å². The number of carbonyl (C=O) groups excluding carboxylic acids is 2. The number of rotatable bonds is 4. The largest absolute Gasteiger partial charge is 0.340 e. The second-order valence-electron chi connectivity index (χ2n) is 6.77. The van der Waals surface area contributed by atoms with Gasteiger partial charge in [0.25, 0.3) is 0 Å². The average molecular weight is 314 g/mol. The molecule has 1 saturated carbocycles. The van der Waals surface area contributed by atoms with Crippen LogP contribution in [-0.4, -0.2) is 50.6 Å². The standard InChI is InChI=1S/C15H26N2O3S/c1-10(2)12-13(18)16-15(7-5-6-8-15)14(19)17(12)11(3)9-21(4)20/h10-12H,5-9H2,1-4H3,(H,16,18). The Labute approximate surface area is 129 Å². The van der Waals surface area contributed by atoms with E-state index in [-0.39, 0.29) is 23.8 Å². The first-order valence-corrected chi connectivity index (χ1v) is 9.46. The fourth-order valence-electron chi connectivity index (χ4n) is 3.70. The normalized spacial score (nSPS) is 28.0. The lowest BCUT2D eigenvalue weighted by Gasteiger charge is -2.48. The predicted octanol–water partition coefficient (Wildman–Crippen LogP) is 1.05. The zero-order valence-corrected chi connectivity index (χ0v) is 14.2. The molecule has 1 spiro atoms. The topological polar surface area (TPSA) is 66.5 Å². The smallest absolute Gasteiger partial charge is 0.249 e. The Morgan fingerprint density at radius 3 is 2.33 bits per heavy atom. The van der Waals surface area contributed by atoms with Crippen molar-refractivity contribution in [3.63, 3.8) is 0 Å². The lowest BCUT2D eigenvalue weighted by molar-refractivity contribution is -0.158. The second-order valence-corrected chi connectivity index (χ2v) is 8.25. The maximum absolute atomic E-state index is 13.0. The summed E-state index contributed by atoms with van der Waals surface area (Å²) in [7, 11) is -0.990. The SMILES string of the molecule is CC(C)C1C(=O)NC2(CCCC2)C(=O)N1C(C)CS(C)=O. The van der Waals surface area contributed by atoms with E-state index in [1.165, 1.54) is 0 Å². The molecular weight excluding hydrogens is 288 g/mol. The molecule has 1 N–H and O–H groups in total. The highest BCUT2D eigenvalue weighted by atomic mass is 32.2. The first-order valence-electron chi connectivity index (χ1n) is 7.73. The van der Waals surface area contributed by atoms with Crippen LogP contribution in [0.25, 0.3) is 0 Å². The van der Waals surface area contributed by atoms with E-state index in [1.807, 2.05) is 20.8 Å². The molecule has 5 nitrogen and oxygen atoms in total. The molecule has 2 rings (SSSR count). The number of carbonyl (C=O) groups is 2. The zero-order valence-electron chi connectivity index (χ0n) is 13.3. The van der Waals surface area contributed by atoms with Crippen LogP contribution in [0.4, 0.5) is 0 Å². The highest BCUT2D eigenvalue weighted by molar-refractivity contribution is 7.84. The molecule has 2 fully saturated rings. The van der Waals surface area contributed by atoms with Crippen molar-refractivity contribution in [3.05, 3.63) is 0 Å². The predicted molar refractivity (Wildman–Crippen MR) is 83.2 cm³/mol. The molecular formula is C15H26N2O3S. The zero-order chi connectivity index (χ0) is 15.8. The summed E-state index contributed by atoms with van der Waals surface area (Å²) in [4.78, 5) is 27.3. The van der Waals surface area contributed by atoms with Crippen LogP contribution < -0.4 is 5.32 Å². The highest BCUT2D eigenvalue weighted by Crippen LogP contribution is 2.36. The number of nitrogens with zero attached hydrogens (tertiary/aromatic N) is 1. The van der Waals surface area contributed by atoms with E-state index in [2.05, 4.69) is 5.32 Å². The summed E-state index contributed by atoms with van der Waals surface area (Å²) in [6, 6.07) is -0.637. The molecule has 0 aromatic rings. The van der Waals surface area contributed by atoms with Gasteiger partial charge in [-0.15, -0.1) is 0 Å². The Morgan fingerprint density at radius 1 is 1.29 bits per heavy atom. The minimum absolute atomic E-state index is 0.0243. The summed E-state index contributed by atoms with van der Waals surface area (Å²) in [6.45, 7) is 5.80. The Morgan fingerprint density at radius 2 is 1.86 bits per heavy atom. The number of nitrogens with one attached hydrogen (secondary N) is 1. The third-order valence-electron chi connectivity index (χ3n) is 4.61. The van der Waals surface area contributed by atoms with Gasteiger partial charge in [-0.2, -0.15) is 0 Å². The van der Waals surface area contributed by atoms with E-state index < -0.39 is 22.4 Å². The molecule has 0 aromatic carbocycles. The molecule has 120 valence electrons. The van der Waals surface area contributed by atoms with Crippen molar-refractivity contribution in [1.82, 2.24) is 10.2 Å². The molecule has 1 aliphatic heterocycles. The minimum Gasteiger partial charge on any atom is -0.340 e. The van der Waals surface area contributed by atoms with Gasteiger partial charge in [-0.1, -0.05) is 26.7 Å². The molecule has 1 heterocycles. The molecule has 0 radical (unpaired) electrons. The molecule has 0 bridgehead atoms. The monoisotopic (exact) mass is 314 g/mol. The average Bonchev–Trinajstić information content (AvgIpc) is 2.81. The summed E-state index contributed by atoms with van der Waals surface area (Å²) < 4.78 is 11.5. The lowest BCUT2D eigenvalue weighted by atomic mass is 9.86. The summed E-state index contributed by atoms with van der Waals surface area (Å²) in [5, 5.41) is 3.01. The molecule has 0 aromatic heterocycles. The van der Waals surface area contributed by atoms with Crippen LogP contribution >= 0.6 is 0 Å². The number of hydrogen-bond acceptors (Lipinski definition) is 3. The molecule has 3 atom stereocenters. The van der Waals surface area contributed by atoms with E-state index in [0.717, 1.165) is 25.7 Å². The Kier molecular flexibility index (Phi) is 4.76. The Bertz CT molecular complexity index is 458. The van der Waals surface area contributed by atoms with Crippen LogP contribution in [-0.2, 0) is 20.4 Å². The summed E-state index contributed by atoms with van der Waals surface area (Å²) in [6.07, 6.45) is 5.03. The van der Waals surface area contributed by atoms with Crippen LogP contribution in [0.3, 0.4) is 0 Å². The third kappa shape index (κ3) is 3.00. The van der Waals surface area contributed by atoms with E-state index >= 15 is 0 Å². The van der Waals surface area contributed by atoms with Crippen molar-refractivity contribution < 1.29 is 13.8 Å². The Hall–Kier alpha value is -0.910. The van der Waals surface area contributed by atoms with Crippen LogP contribution in [0.5, 0.6) is 0 Å². The van der Waals surface area contributed by atoms with E-state index in [1.54, 1.807) is 11.2 Å². The van der Waals surface area contributed by atoms with Crippen LogP contribution in [0.15, 0.2) is 0 Å². The summed E-state index contributed by atoms with van der Waals surface area (Å²) >= 11 is 0. The fraction of sp³-hybridized carbons (Fsp3) is 0.867. The van der Waals surface area contributed by atoms with Gasteiger partial charge in [-0.3, -0.25) is 13.8 Å². The van der Waals surface area contributed by atoms with Gasteiger partial charge in [-0.25, -0.2) is 0 Å². The van der Waals surface area contributed by atoms with Crippen LogP contribution in [0.1, 0.15) is 46.5 Å². The molecule has 21 heavy (non-hydrogen) atoms. The van der Waals surface area contributed by atoms with Gasteiger partial charge in [0.05, 0.1) is 0 Å². The molecule has 1 saturated heterocycles. The fourth-order valence-corrected chi connectivity index (χ4v) is 4.54. The molecule has 2 amide bonds. The van der Waals surface area contributed by atoms with Gasteiger partial charge in [0.15, 0.2) is 0 Å². The van der Waals surface area contributed by atoms with Crippen molar-refractivity contribution in [2.45, 2.75) is 64.1 Å². The number of hydrogen-bond donors (Lipinski definition) is 1. The maximum atomic E-state index is 13.0. The second kappa shape index (κ2) is 6.07. The van der Waals surface area contributed by atoms with Gasteiger partial charge in [0.1, 0.15) is 11.6 Å². The van der Waals surface area contributed by atoms with Crippen molar-refractivity contribution >= 4 is 22.6 Å². The molecule has 2 aliphatic rings. The first kappa shape index (κ1) is 16.5. The van der Waals surface area contributed by atoms with Crippen molar-refractivity contribution in [2.24, 2.45) is 5.92 Å². The molecule has 6 heteroatoms. The van der Waals surface area contributed by atoms with Gasteiger partial charge in [-0.05, 0) is 25.7 Å². The highest BCUT2D eigenvalue weighted by Gasteiger charge is 2.53. The number of amides is 2. The van der Waals surface area contributed by atoms with Gasteiger partial charge < -0.3 is 10.2 Å². The van der Waals surface area contributed by atoms with Gasteiger partial charge in [0, 0.05) is 28.9 Å². The quantitative estimate of drug-likeness (QED) is 0.843. The first-order chi connectivity index (χ1) is 9.78. The van der Waals surface area contributed by atoms with E-state index in [9.17, 15) is 13.8 Å². The maximum Gasteiger partial charge on any atom is 0.249 e. The van der Waals surface area contributed by atoms with Crippen LogP contribution in [0, 0.1) is 5.92 Å².